The van der Waals surface area contributed by atoms with Crippen molar-refractivity contribution in [1.29, 1.82) is 0 Å². The summed E-state index contributed by atoms with van der Waals surface area (Å²) in [6.07, 6.45) is 5.12. The van der Waals surface area contributed by atoms with Crippen LogP contribution in [0.5, 0.6) is 0 Å². The minimum atomic E-state index is -0.180. The highest BCUT2D eigenvalue weighted by atomic mass is 16.2. The van der Waals surface area contributed by atoms with Crippen molar-refractivity contribution >= 4 is 5.91 Å². The molecule has 1 aliphatic rings. The van der Waals surface area contributed by atoms with Gasteiger partial charge in [-0.25, -0.2) is 0 Å². The molecule has 0 aromatic carbocycles. The van der Waals surface area contributed by atoms with Crippen LogP contribution < -0.4 is 16.2 Å². The summed E-state index contributed by atoms with van der Waals surface area (Å²) in [5, 5.41) is 6.23. The number of amides is 1. The van der Waals surface area contributed by atoms with Gasteiger partial charge in [-0.05, 0) is 25.5 Å². The number of carbonyl (C=O) groups excluding carboxylic acids is 1. The molecule has 1 amide bonds. The Kier molecular flexibility index (Phi) is 4.15. The van der Waals surface area contributed by atoms with E-state index in [2.05, 4.69) is 10.6 Å². The Bertz CT molecular complexity index is 475. The average molecular weight is 249 g/mol. The van der Waals surface area contributed by atoms with Crippen LogP contribution in [-0.4, -0.2) is 29.6 Å². The molecular formula is C13H19N3O2. The summed E-state index contributed by atoms with van der Waals surface area (Å²) in [6.45, 7) is 1.64. The van der Waals surface area contributed by atoms with Gasteiger partial charge in [0.15, 0.2) is 0 Å². The van der Waals surface area contributed by atoms with Gasteiger partial charge >= 0.3 is 0 Å². The van der Waals surface area contributed by atoms with Crippen LogP contribution in [0.4, 0.5) is 0 Å². The van der Waals surface area contributed by atoms with Crippen molar-refractivity contribution in [3.05, 3.63) is 34.2 Å². The first-order valence-corrected chi connectivity index (χ1v) is 6.35. The fourth-order valence-corrected chi connectivity index (χ4v) is 2.11. The zero-order valence-electron chi connectivity index (χ0n) is 10.6. The van der Waals surface area contributed by atoms with Crippen molar-refractivity contribution in [2.75, 3.05) is 13.1 Å². The van der Waals surface area contributed by atoms with E-state index in [0.717, 1.165) is 13.0 Å². The van der Waals surface area contributed by atoms with Gasteiger partial charge in [-0.3, -0.25) is 9.59 Å². The van der Waals surface area contributed by atoms with E-state index in [-0.39, 0.29) is 11.5 Å². The summed E-state index contributed by atoms with van der Waals surface area (Å²) < 4.78 is 1.44. The van der Waals surface area contributed by atoms with Gasteiger partial charge in [-0.15, -0.1) is 0 Å². The van der Waals surface area contributed by atoms with E-state index in [0.29, 0.717) is 18.2 Å². The summed E-state index contributed by atoms with van der Waals surface area (Å²) in [7, 11) is 1.66. The number of nitrogens with zero attached hydrogens (tertiary/aromatic N) is 1. The molecule has 1 fully saturated rings. The van der Waals surface area contributed by atoms with E-state index in [1.165, 1.54) is 23.5 Å². The number of pyridine rings is 1. The first kappa shape index (κ1) is 12.8. The molecule has 0 saturated carbocycles. The Morgan fingerprint density at radius 3 is 3.06 bits per heavy atom. The Hall–Kier alpha value is -1.62. The van der Waals surface area contributed by atoms with Crippen molar-refractivity contribution in [3.8, 4) is 0 Å². The third-order valence-electron chi connectivity index (χ3n) is 3.29. The van der Waals surface area contributed by atoms with Crippen molar-refractivity contribution in [1.82, 2.24) is 15.2 Å². The molecule has 1 aromatic heterocycles. The summed E-state index contributed by atoms with van der Waals surface area (Å²) in [6, 6.07) is 3.38. The van der Waals surface area contributed by atoms with Crippen molar-refractivity contribution in [2.24, 2.45) is 7.05 Å². The van der Waals surface area contributed by atoms with Crippen molar-refractivity contribution in [3.63, 3.8) is 0 Å². The maximum absolute atomic E-state index is 11.9. The smallest absolute Gasteiger partial charge is 0.251 e. The second kappa shape index (κ2) is 5.82. The zero-order valence-corrected chi connectivity index (χ0v) is 10.6. The van der Waals surface area contributed by atoms with Gasteiger partial charge in [0.25, 0.3) is 11.5 Å². The van der Waals surface area contributed by atoms with E-state index in [1.54, 1.807) is 19.3 Å². The second-order valence-corrected chi connectivity index (χ2v) is 4.72. The summed E-state index contributed by atoms with van der Waals surface area (Å²) in [5.74, 6) is -0.180. The Balaban J connectivity index is 1.90. The SMILES string of the molecule is Cn1ccc(C(=O)NCC2CCCCN2)cc1=O. The predicted molar refractivity (Wildman–Crippen MR) is 69.7 cm³/mol. The molecule has 0 aliphatic carbocycles. The highest BCUT2D eigenvalue weighted by Gasteiger charge is 2.14. The lowest BCUT2D eigenvalue weighted by Gasteiger charge is -2.23. The van der Waals surface area contributed by atoms with Crippen LogP contribution in [0.2, 0.25) is 0 Å². The number of hydrogen-bond acceptors (Lipinski definition) is 3. The van der Waals surface area contributed by atoms with Gasteiger partial charge in [0.05, 0.1) is 0 Å². The van der Waals surface area contributed by atoms with Crippen LogP contribution in [0.25, 0.3) is 0 Å². The Morgan fingerprint density at radius 1 is 1.56 bits per heavy atom. The average Bonchev–Trinajstić information content (AvgIpc) is 2.40. The lowest BCUT2D eigenvalue weighted by Crippen LogP contribution is -2.43. The number of nitrogens with one attached hydrogen (secondary N) is 2. The summed E-state index contributed by atoms with van der Waals surface area (Å²) in [5.41, 5.74) is 0.257. The van der Waals surface area contributed by atoms with Gasteiger partial charge in [0, 0.05) is 37.5 Å². The van der Waals surface area contributed by atoms with Crippen molar-refractivity contribution in [2.45, 2.75) is 25.3 Å². The first-order valence-electron chi connectivity index (χ1n) is 6.35. The van der Waals surface area contributed by atoms with Crippen molar-refractivity contribution < 1.29 is 4.79 Å². The zero-order chi connectivity index (χ0) is 13.0. The summed E-state index contributed by atoms with van der Waals surface area (Å²) in [4.78, 5) is 23.3. The monoisotopic (exact) mass is 249 g/mol. The molecular weight excluding hydrogens is 230 g/mol. The normalized spacial score (nSPS) is 19.5. The minimum absolute atomic E-state index is 0.168. The first-order chi connectivity index (χ1) is 8.66. The molecule has 1 aromatic rings. The van der Waals surface area contributed by atoms with Gasteiger partial charge in [0.2, 0.25) is 0 Å². The number of aromatic nitrogens is 1. The Morgan fingerprint density at radius 2 is 2.39 bits per heavy atom. The van der Waals surface area contributed by atoms with Gasteiger partial charge in [0.1, 0.15) is 0 Å². The fraction of sp³-hybridized carbons (Fsp3) is 0.538. The molecule has 2 N–H and O–H groups in total. The van der Waals surface area contributed by atoms with Crippen LogP contribution >= 0.6 is 0 Å². The Labute approximate surface area is 106 Å². The molecule has 5 heteroatoms. The van der Waals surface area contributed by atoms with Crippen LogP contribution in [0.15, 0.2) is 23.1 Å². The molecule has 1 saturated heterocycles. The maximum Gasteiger partial charge on any atom is 0.251 e. The highest BCUT2D eigenvalue weighted by Crippen LogP contribution is 2.06. The third-order valence-corrected chi connectivity index (χ3v) is 3.29. The van der Waals surface area contributed by atoms with Gasteiger partial charge in [-0.1, -0.05) is 6.42 Å². The largest absolute Gasteiger partial charge is 0.350 e. The molecule has 1 atom stereocenters. The lowest BCUT2D eigenvalue weighted by atomic mass is 10.1. The quantitative estimate of drug-likeness (QED) is 0.807. The molecule has 2 heterocycles. The number of aryl methyl sites for hydroxylation is 1. The predicted octanol–water partition coefficient (Wildman–Crippen LogP) is 0.257. The molecule has 18 heavy (non-hydrogen) atoms. The fourth-order valence-electron chi connectivity index (χ4n) is 2.11. The lowest BCUT2D eigenvalue weighted by molar-refractivity contribution is 0.0947. The van der Waals surface area contributed by atoms with Crippen LogP contribution in [0, 0.1) is 0 Å². The molecule has 0 radical (unpaired) electrons. The number of rotatable bonds is 3. The summed E-state index contributed by atoms with van der Waals surface area (Å²) >= 11 is 0. The second-order valence-electron chi connectivity index (χ2n) is 4.72. The molecule has 5 nitrogen and oxygen atoms in total. The van der Waals surface area contributed by atoms with Crippen LogP contribution in [0.3, 0.4) is 0 Å². The van der Waals surface area contributed by atoms with E-state index in [4.69, 9.17) is 0 Å². The van der Waals surface area contributed by atoms with Gasteiger partial charge < -0.3 is 15.2 Å². The molecule has 2 rings (SSSR count). The molecule has 1 unspecified atom stereocenters. The molecule has 1 aliphatic heterocycles. The topological polar surface area (TPSA) is 63.1 Å². The third kappa shape index (κ3) is 3.20. The maximum atomic E-state index is 11.9. The van der Waals surface area contributed by atoms with Gasteiger partial charge in [-0.2, -0.15) is 0 Å². The molecule has 0 bridgehead atoms. The van der Waals surface area contributed by atoms with E-state index < -0.39 is 0 Å². The number of hydrogen-bond donors (Lipinski definition) is 2. The van der Waals surface area contributed by atoms with Crippen LogP contribution in [-0.2, 0) is 7.05 Å². The standard InChI is InChI=1S/C13H19N3O2/c1-16-7-5-10(8-12(16)17)13(18)15-9-11-4-2-3-6-14-11/h5,7-8,11,14H,2-4,6,9H2,1H3,(H,15,18). The van der Waals surface area contributed by atoms with Crippen LogP contribution in [0.1, 0.15) is 29.6 Å². The van der Waals surface area contributed by atoms with E-state index in [1.807, 2.05) is 0 Å². The molecule has 98 valence electrons. The van der Waals surface area contributed by atoms with E-state index >= 15 is 0 Å². The van der Waals surface area contributed by atoms with E-state index in [9.17, 15) is 9.59 Å². The minimum Gasteiger partial charge on any atom is -0.350 e. The number of piperidine rings is 1. The highest BCUT2D eigenvalue weighted by molar-refractivity contribution is 5.93. The molecule has 0 spiro atoms. The number of carbonyl (C=O) groups is 1.